The maximum atomic E-state index is 12.9. The van der Waals surface area contributed by atoms with Crippen LogP contribution in [0, 0.1) is 0 Å². The van der Waals surface area contributed by atoms with Crippen molar-refractivity contribution < 1.29 is 17.9 Å². The third kappa shape index (κ3) is 5.65. The molecule has 174 valence electrons. The number of hydrogen-bond donors (Lipinski definition) is 2. The van der Waals surface area contributed by atoms with Gasteiger partial charge in [-0.2, -0.15) is 4.98 Å². The number of hydrogen-bond acceptors (Lipinski definition) is 9. The fraction of sp³-hybridized carbons (Fsp3) is 0.476. The van der Waals surface area contributed by atoms with E-state index in [-0.39, 0.29) is 21.5 Å². The number of rotatable bonds is 9. The van der Waals surface area contributed by atoms with Gasteiger partial charge in [0, 0.05) is 32.7 Å². The van der Waals surface area contributed by atoms with E-state index in [4.69, 9.17) is 10.5 Å². The zero-order valence-corrected chi connectivity index (χ0v) is 19.3. The first-order chi connectivity index (χ1) is 15.3. The van der Waals surface area contributed by atoms with Crippen LogP contribution in [0.4, 0.5) is 11.8 Å². The van der Waals surface area contributed by atoms with Crippen molar-refractivity contribution in [1.82, 2.24) is 20.2 Å². The van der Waals surface area contributed by atoms with Crippen LogP contribution in [0.3, 0.4) is 0 Å². The monoisotopic (exact) mass is 462 g/mol. The van der Waals surface area contributed by atoms with Crippen molar-refractivity contribution in [3.8, 4) is 5.75 Å². The molecule has 1 aromatic heterocycles. The van der Waals surface area contributed by atoms with Gasteiger partial charge in [-0.25, -0.2) is 13.4 Å². The number of unbranched alkanes of at least 4 members (excludes halogenated alkanes) is 1. The van der Waals surface area contributed by atoms with Crippen molar-refractivity contribution in [2.75, 3.05) is 57.0 Å². The second-order valence-corrected chi connectivity index (χ2v) is 9.48. The predicted molar refractivity (Wildman–Crippen MR) is 121 cm³/mol. The third-order valence-electron chi connectivity index (χ3n) is 5.30. The maximum Gasteiger partial charge on any atom is 0.234 e. The summed E-state index contributed by atoms with van der Waals surface area (Å²) in [6.07, 6.45) is 3.27. The van der Waals surface area contributed by atoms with Crippen LogP contribution in [-0.2, 0) is 14.6 Å². The molecular formula is C21H30N6O4S. The lowest BCUT2D eigenvalue weighted by Gasteiger charge is -2.34. The molecule has 0 atom stereocenters. The molecule has 2 heterocycles. The summed E-state index contributed by atoms with van der Waals surface area (Å²) in [6, 6.07) is 6.06. The molecule has 32 heavy (non-hydrogen) atoms. The quantitative estimate of drug-likeness (QED) is 0.523. The highest BCUT2D eigenvalue weighted by molar-refractivity contribution is 7.91. The summed E-state index contributed by atoms with van der Waals surface area (Å²) in [5.74, 6) is 0.869. The summed E-state index contributed by atoms with van der Waals surface area (Å²) in [5, 5.41) is 2.92. The Bertz CT molecular complexity index is 1020. The van der Waals surface area contributed by atoms with E-state index in [1.807, 2.05) is 4.90 Å². The first-order valence-corrected chi connectivity index (χ1v) is 12.1. The summed E-state index contributed by atoms with van der Waals surface area (Å²) >= 11 is 0. The number of nitrogens with zero attached hydrogens (tertiary/aromatic N) is 4. The highest BCUT2D eigenvalue weighted by atomic mass is 32.2. The van der Waals surface area contributed by atoms with Gasteiger partial charge in [0.2, 0.25) is 21.7 Å². The summed E-state index contributed by atoms with van der Waals surface area (Å²) in [7, 11) is -2.34. The topological polar surface area (TPSA) is 131 Å². The summed E-state index contributed by atoms with van der Waals surface area (Å²) in [4.78, 5) is 24.5. The van der Waals surface area contributed by atoms with Gasteiger partial charge in [-0.15, -0.1) is 0 Å². The Kier molecular flexibility index (Phi) is 7.86. The van der Waals surface area contributed by atoms with E-state index in [2.05, 4.69) is 27.1 Å². The number of piperazine rings is 1. The Hall–Kier alpha value is -2.92. The number of benzene rings is 1. The van der Waals surface area contributed by atoms with Crippen molar-refractivity contribution in [1.29, 1.82) is 0 Å². The number of anilines is 2. The normalized spacial score (nSPS) is 14.9. The molecular weight excluding hydrogens is 432 g/mol. The number of carbonyl (C=O) groups excluding carboxylic acids is 1. The Morgan fingerprint density at radius 1 is 1.19 bits per heavy atom. The molecule has 1 saturated heterocycles. The second-order valence-electron chi connectivity index (χ2n) is 7.57. The molecule has 0 aliphatic carbocycles. The SMILES string of the molecule is CCCCNC(=O)CN1CCN(c2ncc(S(=O)(=O)c3ccc(OC)cc3)c(N)n2)CC1. The largest absolute Gasteiger partial charge is 0.497 e. The van der Waals surface area contributed by atoms with E-state index in [0.717, 1.165) is 12.8 Å². The van der Waals surface area contributed by atoms with Crippen LogP contribution in [-0.4, -0.2) is 75.6 Å². The molecule has 3 N–H and O–H groups in total. The van der Waals surface area contributed by atoms with E-state index < -0.39 is 9.84 Å². The Balaban J connectivity index is 1.62. The molecule has 0 unspecified atom stereocenters. The third-order valence-corrected chi connectivity index (χ3v) is 7.09. The van der Waals surface area contributed by atoms with Gasteiger partial charge in [0.05, 0.1) is 24.7 Å². The van der Waals surface area contributed by atoms with E-state index in [1.165, 1.54) is 25.4 Å². The highest BCUT2D eigenvalue weighted by Crippen LogP contribution is 2.27. The fourth-order valence-electron chi connectivity index (χ4n) is 3.39. The molecule has 0 bridgehead atoms. The van der Waals surface area contributed by atoms with Crippen molar-refractivity contribution in [3.05, 3.63) is 30.5 Å². The minimum Gasteiger partial charge on any atom is -0.497 e. The van der Waals surface area contributed by atoms with Gasteiger partial charge < -0.3 is 20.7 Å². The zero-order valence-electron chi connectivity index (χ0n) is 18.5. The molecule has 0 radical (unpaired) electrons. The Labute approximate surface area is 188 Å². The lowest BCUT2D eigenvalue weighted by Crippen LogP contribution is -2.50. The number of carbonyl (C=O) groups is 1. The molecule has 1 aliphatic heterocycles. The van der Waals surface area contributed by atoms with Crippen LogP contribution in [0.25, 0.3) is 0 Å². The number of aromatic nitrogens is 2. The average Bonchev–Trinajstić information content (AvgIpc) is 2.79. The van der Waals surface area contributed by atoms with E-state index in [9.17, 15) is 13.2 Å². The highest BCUT2D eigenvalue weighted by Gasteiger charge is 2.25. The minimum atomic E-state index is -3.85. The van der Waals surface area contributed by atoms with Crippen molar-refractivity contribution in [2.45, 2.75) is 29.6 Å². The molecule has 1 amide bonds. The van der Waals surface area contributed by atoms with Gasteiger partial charge in [0.15, 0.2) is 0 Å². The number of nitrogen functional groups attached to an aromatic ring is 1. The molecule has 11 heteroatoms. The van der Waals surface area contributed by atoms with E-state index in [0.29, 0.717) is 51.0 Å². The fourth-order valence-corrected chi connectivity index (χ4v) is 4.65. The lowest BCUT2D eigenvalue weighted by atomic mass is 10.3. The molecule has 10 nitrogen and oxygen atoms in total. The predicted octanol–water partition coefficient (Wildman–Crippen LogP) is 0.939. The van der Waals surface area contributed by atoms with Gasteiger partial charge in [0.25, 0.3) is 0 Å². The number of nitrogens with one attached hydrogen (secondary N) is 1. The number of ether oxygens (including phenoxy) is 1. The van der Waals surface area contributed by atoms with Crippen LogP contribution in [0.2, 0.25) is 0 Å². The Morgan fingerprint density at radius 2 is 1.88 bits per heavy atom. The van der Waals surface area contributed by atoms with Crippen LogP contribution >= 0.6 is 0 Å². The van der Waals surface area contributed by atoms with Crippen LogP contribution in [0.15, 0.2) is 40.3 Å². The van der Waals surface area contributed by atoms with Crippen molar-refractivity contribution >= 4 is 27.5 Å². The first kappa shape index (κ1) is 23.7. The standard InChI is InChI=1S/C21H30N6O4S/c1-3-4-9-23-19(28)15-26-10-12-27(13-11-26)21-24-14-18(20(22)25-21)32(29,30)17-7-5-16(31-2)6-8-17/h5-8,14H,3-4,9-13,15H2,1-2H3,(H,23,28)(H2,22,24,25). The average molecular weight is 463 g/mol. The molecule has 1 aromatic carbocycles. The van der Waals surface area contributed by atoms with E-state index >= 15 is 0 Å². The lowest BCUT2D eigenvalue weighted by molar-refractivity contribution is -0.122. The van der Waals surface area contributed by atoms with Gasteiger partial charge in [0.1, 0.15) is 16.5 Å². The summed E-state index contributed by atoms with van der Waals surface area (Å²) < 4.78 is 30.9. The second kappa shape index (κ2) is 10.6. The number of nitrogens with two attached hydrogens (primary N) is 1. The van der Waals surface area contributed by atoms with Crippen LogP contribution < -0.4 is 20.7 Å². The Morgan fingerprint density at radius 3 is 2.47 bits per heavy atom. The number of amides is 1. The van der Waals surface area contributed by atoms with Crippen LogP contribution in [0.1, 0.15) is 19.8 Å². The summed E-state index contributed by atoms with van der Waals surface area (Å²) in [5.41, 5.74) is 6.01. The number of methoxy groups -OCH3 is 1. The van der Waals surface area contributed by atoms with Gasteiger partial charge in [-0.3, -0.25) is 9.69 Å². The van der Waals surface area contributed by atoms with E-state index in [1.54, 1.807) is 12.1 Å². The van der Waals surface area contributed by atoms with Crippen LogP contribution in [0.5, 0.6) is 5.75 Å². The molecule has 0 saturated carbocycles. The zero-order chi connectivity index (χ0) is 23.1. The van der Waals surface area contributed by atoms with Gasteiger partial charge in [-0.05, 0) is 30.7 Å². The molecule has 2 aromatic rings. The smallest absolute Gasteiger partial charge is 0.234 e. The maximum absolute atomic E-state index is 12.9. The minimum absolute atomic E-state index is 0.0282. The van der Waals surface area contributed by atoms with Crippen molar-refractivity contribution in [2.24, 2.45) is 0 Å². The molecule has 1 aliphatic rings. The van der Waals surface area contributed by atoms with Gasteiger partial charge >= 0.3 is 0 Å². The molecule has 3 rings (SSSR count). The number of sulfone groups is 1. The first-order valence-electron chi connectivity index (χ1n) is 10.6. The molecule has 1 fully saturated rings. The van der Waals surface area contributed by atoms with Crippen molar-refractivity contribution in [3.63, 3.8) is 0 Å². The van der Waals surface area contributed by atoms with Gasteiger partial charge in [-0.1, -0.05) is 13.3 Å². The summed E-state index contributed by atoms with van der Waals surface area (Å²) in [6.45, 7) is 5.74. The molecule has 0 spiro atoms.